The molecule has 12 aromatic carbocycles. The molecule has 0 fully saturated rings. The van der Waals surface area contributed by atoms with Crippen LogP contribution in [0.2, 0.25) is 0 Å². The summed E-state index contributed by atoms with van der Waals surface area (Å²) < 4.78 is 0. The molecule has 0 radical (unpaired) electrons. The Kier molecular flexibility index (Phi) is 9.77. The van der Waals surface area contributed by atoms with Gasteiger partial charge in [0.25, 0.3) is 0 Å². The smallest absolute Gasteiger partial charge is 0.0731 e. The van der Waals surface area contributed by atoms with Gasteiger partial charge in [-0.1, -0.05) is 267 Å². The van der Waals surface area contributed by atoms with Gasteiger partial charge in [0.05, 0.1) is 16.5 Å². The Morgan fingerprint density at radius 3 is 1.11 bits per heavy atom. The number of fused-ring (bicyclic) bond motifs is 15. The van der Waals surface area contributed by atoms with Crippen molar-refractivity contribution in [2.75, 3.05) is 4.90 Å². The van der Waals surface area contributed by atoms with E-state index in [0.29, 0.717) is 0 Å². The van der Waals surface area contributed by atoms with Crippen LogP contribution in [0.25, 0.3) is 66.8 Å². The molecule has 75 heavy (non-hydrogen) atoms. The lowest BCUT2D eigenvalue weighted by Gasteiger charge is -2.36. The predicted octanol–water partition coefficient (Wildman–Crippen LogP) is 18.9. The SMILES string of the molecule is c1ccc(-c2ccc(N(c3ccc(-c4cccc5c4C4(c6ccccc6-c6ccccc6-c6ccccc64)c4ccccc4-5)cc3)c3cccc4c3-c3ccccc3C4(c3ccccc3)c3ccccc3)cc2)cc1. The molecule has 1 nitrogen and oxygen atoms in total. The summed E-state index contributed by atoms with van der Waals surface area (Å²) in [5.41, 5.74) is 27.4. The van der Waals surface area contributed by atoms with Crippen molar-refractivity contribution in [2.24, 2.45) is 0 Å². The molecule has 1 spiro atoms. The molecule has 15 rings (SSSR count). The van der Waals surface area contributed by atoms with Gasteiger partial charge in [-0.15, -0.1) is 0 Å². The number of benzene rings is 12. The van der Waals surface area contributed by atoms with Crippen LogP contribution >= 0.6 is 0 Å². The lowest BCUT2D eigenvalue weighted by molar-refractivity contribution is 0.768. The highest BCUT2D eigenvalue weighted by Gasteiger charge is 2.51. The molecule has 350 valence electrons. The predicted molar refractivity (Wildman–Crippen MR) is 311 cm³/mol. The van der Waals surface area contributed by atoms with E-state index in [0.717, 1.165) is 17.1 Å². The first-order valence-electron chi connectivity index (χ1n) is 26.2. The Bertz CT molecular complexity index is 4050. The fourth-order valence-electron chi connectivity index (χ4n) is 13.7. The Morgan fingerprint density at radius 1 is 0.213 bits per heavy atom. The Balaban J connectivity index is 0.955. The Hall–Kier alpha value is -9.56. The van der Waals surface area contributed by atoms with Crippen molar-refractivity contribution in [1.29, 1.82) is 0 Å². The van der Waals surface area contributed by atoms with Gasteiger partial charge < -0.3 is 4.90 Å². The molecule has 0 aliphatic heterocycles. The zero-order valence-electron chi connectivity index (χ0n) is 41.2. The third-order valence-corrected chi connectivity index (χ3v) is 16.6. The zero-order chi connectivity index (χ0) is 49.5. The molecule has 0 heterocycles. The maximum Gasteiger partial charge on any atom is 0.0731 e. The van der Waals surface area contributed by atoms with Gasteiger partial charge in [-0.3, -0.25) is 0 Å². The lowest BCUT2D eigenvalue weighted by Crippen LogP contribution is -2.30. The molecule has 0 bridgehead atoms. The van der Waals surface area contributed by atoms with Gasteiger partial charge in [-0.05, 0) is 136 Å². The molecule has 0 saturated carbocycles. The molecule has 0 aromatic heterocycles. The van der Waals surface area contributed by atoms with E-state index in [1.165, 1.54) is 111 Å². The second-order valence-corrected chi connectivity index (χ2v) is 20.2. The van der Waals surface area contributed by atoms with E-state index in [1.807, 2.05) is 0 Å². The summed E-state index contributed by atoms with van der Waals surface area (Å²) in [7, 11) is 0. The first-order chi connectivity index (χ1) is 37.2. The number of nitrogens with zero attached hydrogens (tertiary/aromatic N) is 1. The van der Waals surface area contributed by atoms with Crippen molar-refractivity contribution in [1.82, 2.24) is 0 Å². The largest absolute Gasteiger partial charge is 0.310 e. The topological polar surface area (TPSA) is 3.24 Å². The van der Waals surface area contributed by atoms with E-state index < -0.39 is 10.8 Å². The molecule has 3 aliphatic rings. The molecule has 0 unspecified atom stereocenters. The maximum absolute atomic E-state index is 2.49. The molecular weight excluding hydrogens is 903 g/mol. The van der Waals surface area contributed by atoms with Gasteiger partial charge in [0, 0.05) is 16.9 Å². The van der Waals surface area contributed by atoms with E-state index in [1.54, 1.807) is 0 Å². The Labute approximate surface area is 439 Å². The number of anilines is 3. The third kappa shape index (κ3) is 6.19. The molecule has 12 aromatic rings. The highest BCUT2D eigenvalue weighted by Crippen LogP contribution is 2.64. The standard InChI is InChI=1S/C74H49N/c1-4-22-50(23-5-1)51-42-46-55(47-43-51)75(70-41-21-40-69-71(70)64-33-15-19-39-68(64)73(69,53-24-6-2-7-25-53)54-26-8-3-9-27-54)56-48-44-52(45-49-56)57-34-20-35-63-62-32-14-18-38-67(62)74(72(57)63)65-36-16-12-30-60(65)58-28-10-11-29-59(58)61-31-13-17-37-66(61)74/h1-49H. The fourth-order valence-corrected chi connectivity index (χ4v) is 13.7. The van der Waals surface area contributed by atoms with Crippen LogP contribution in [-0.2, 0) is 10.8 Å². The van der Waals surface area contributed by atoms with Crippen LogP contribution in [0, 0.1) is 0 Å². The van der Waals surface area contributed by atoms with Crippen LogP contribution in [-0.4, -0.2) is 0 Å². The van der Waals surface area contributed by atoms with Crippen molar-refractivity contribution in [3.05, 3.63) is 342 Å². The minimum atomic E-state index is -0.595. The van der Waals surface area contributed by atoms with Gasteiger partial charge in [-0.25, -0.2) is 0 Å². The van der Waals surface area contributed by atoms with Crippen molar-refractivity contribution in [3.8, 4) is 66.8 Å². The molecule has 1 heteroatoms. The van der Waals surface area contributed by atoms with Crippen molar-refractivity contribution >= 4 is 17.1 Å². The summed E-state index contributed by atoms with van der Waals surface area (Å²) in [4.78, 5) is 2.49. The summed E-state index contributed by atoms with van der Waals surface area (Å²) >= 11 is 0. The van der Waals surface area contributed by atoms with Crippen LogP contribution in [0.3, 0.4) is 0 Å². The highest BCUT2D eigenvalue weighted by molar-refractivity contribution is 6.01. The van der Waals surface area contributed by atoms with Crippen LogP contribution in [0.15, 0.2) is 297 Å². The molecule has 0 amide bonds. The van der Waals surface area contributed by atoms with Gasteiger partial charge in [-0.2, -0.15) is 0 Å². The third-order valence-electron chi connectivity index (χ3n) is 16.6. The van der Waals surface area contributed by atoms with Crippen LogP contribution in [0.5, 0.6) is 0 Å². The van der Waals surface area contributed by atoms with Gasteiger partial charge >= 0.3 is 0 Å². The van der Waals surface area contributed by atoms with Gasteiger partial charge in [0.1, 0.15) is 0 Å². The summed E-state index contributed by atoms with van der Waals surface area (Å²) in [6.45, 7) is 0. The summed E-state index contributed by atoms with van der Waals surface area (Å²) in [6, 6.07) is 111. The van der Waals surface area contributed by atoms with E-state index in [2.05, 4.69) is 302 Å². The first kappa shape index (κ1) is 43.1. The quantitative estimate of drug-likeness (QED) is 0.154. The van der Waals surface area contributed by atoms with Crippen molar-refractivity contribution < 1.29 is 0 Å². The highest BCUT2D eigenvalue weighted by atomic mass is 15.1. The fraction of sp³-hybridized carbons (Fsp3) is 0.0270. The molecule has 0 N–H and O–H groups in total. The number of rotatable bonds is 7. The summed E-state index contributed by atoms with van der Waals surface area (Å²) in [5, 5.41) is 0. The lowest BCUT2D eigenvalue weighted by atomic mass is 9.64. The summed E-state index contributed by atoms with van der Waals surface area (Å²) in [6.07, 6.45) is 0. The van der Waals surface area contributed by atoms with Crippen LogP contribution in [0.1, 0.15) is 44.5 Å². The molecular formula is C74H49N. The van der Waals surface area contributed by atoms with E-state index >= 15 is 0 Å². The minimum absolute atomic E-state index is 0.533. The average molecular weight is 952 g/mol. The minimum Gasteiger partial charge on any atom is -0.310 e. The first-order valence-corrected chi connectivity index (χ1v) is 26.2. The summed E-state index contributed by atoms with van der Waals surface area (Å²) in [5.74, 6) is 0. The monoisotopic (exact) mass is 951 g/mol. The Morgan fingerprint density at radius 2 is 0.573 bits per heavy atom. The maximum atomic E-state index is 2.49. The van der Waals surface area contributed by atoms with Crippen molar-refractivity contribution in [3.63, 3.8) is 0 Å². The van der Waals surface area contributed by atoms with Crippen LogP contribution < -0.4 is 4.90 Å². The zero-order valence-corrected chi connectivity index (χ0v) is 41.2. The number of hydrogen-bond donors (Lipinski definition) is 0. The normalized spacial score (nSPS) is 13.5. The molecule has 0 saturated heterocycles. The second kappa shape index (κ2) is 17.0. The van der Waals surface area contributed by atoms with Gasteiger partial charge in [0.15, 0.2) is 0 Å². The van der Waals surface area contributed by atoms with Crippen molar-refractivity contribution in [2.45, 2.75) is 10.8 Å². The van der Waals surface area contributed by atoms with E-state index in [9.17, 15) is 0 Å². The molecule has 0 atom stereocenters. The van der Waals surface area contributed by atoms with Gasteiger partial charge in [0.2, 0.25) is 0 Å². The number of hydrogen-bond acceptors (Lipinski definition) is 1. The van der Waals surface area contributed by atoms with E-state index in [4.69, 9.17) is 0 Å². The van der Waals surface area contributed by atoms with Crippen LogP contribution in [0.4, 0.5) is 17.1 Å². The second-order valence-electron chi connectivity index (χ2n) is 20.2. The van der Waals surface area contributed by atoms with E-state index in [-0.39, 0.29) is 0 Å². The molecule has 3 aliphatic carbocycles. The average Bonchev–Trinajstić information content (AvgIpc) is 3.97.